The second-order valence-electron chi connectivity index (χ2n) is 9.09. The molecule has 0 saturated carbocycles. The van der Waals surface area contributed by atoms with Gasteiger partial charge in [-0.05, 0) is 12.5 Å². The molecular weight excluding hydrogens is 438 g/mol. The maximum atomic E-state index is 12.7. The molecule has 0 aliphatic carbocycles. The first-order valence-electron chi connectivity index (χ1n) is 10.9. The minimum Gasteiger partial charge on any atom is -0.325 e. The molecule has 0 spiro atoms. The van der Waals surface area contributed by atoms with Gasteiger partial charge in [0.2, 0.25) is 5.91 Å². The van der Waals surface area contributed by atoms with Gasteiger partial charge in [0, 0.05) is 50.9 Å². The summed E-state index contributed by atoms with van der Waals surface area (Å²) in [5.74, 6) is 0.639. The average molecular weight is 466 g/mol. The Kier molecular flexibility index (Phi) is 5.90. The van der Waals surface area contributed by atoms with E-state index >= 15 is 0 Å². The molecular formula is C22H27N9O3. The molecule has 4 aromatic heterocycles. The molecule has 0 aliphatic rings. The van der Waals surface area contributed by atoms with Crippen LogP contribution < -0.4 is 16.6 Å². The summed E-state index contributed by atoms with van der Waals surface area (Å²) < 4.78 is 5.57. The Balaban J connectivity index is 1.50. The molecule has 0 aliphatic heterocycles. The van der Waals surface area contributed by atoms with Crippen LogP contribution in [0.4, 0.5) is 5.82 Å². The number of rotatable bonds is 6. The van der Waals surface area contributed by atoms with Gasteiger partial charge in [-0.2, -0.15) is 9.78 Å². The van der Waals surface area contributed by atoms with Gasteiger partial charge in [-0.1, -0.05) is 20.8 Å². The van der Waals surface area contributed by atoms with Crippen molar-refractivity contribution < 1.29 is 4.79 Å². The smallest absolute Gasteiger partial charge is 0.325 e. The molecule has 4 heterocycles. The normalized spacial score (nSPS) is 11.8. The zero-order valence-electron chi connectivity index (χ0n) is 19.8. The number of amides is 1. The van der Waals surface area contributed by atoms with Crippen molar-refractivity contribution in [2.75, 3.05) is 5.32 Å². The summed E-state index contributed by atoms with van der Waals surface area (Å²) in [6.07, 6.45) is 5.41. The fourth-order valence-electron chi connectivity index (χ4n) is 3.57. The molecule has 0 aromatic carbocycles. The molecule has 1 N–H and O–H groups in total. The SMILES string of the molecule is Cn1c(=O)c2c(ncn2CCCC(=O)Nc2cc(C(C)(C)C)nn2-c2ncccn2)n(C)c1=O. The van der Waals surface area contributed by atoms with Crippen LogP contribution in [0.2, 0.25) is 0 Å². The van der Waals surface area contributed by atoms with E-state index < -0.39 is 11.2 Å². The second kappa shape index (κ2) is 8.69. The van der Waals surface area contributed by atoms with Gasteiger partial charge in [-0.25, -0.2) is 19.7 Å². The summed E-state index contributed by atoms with van der Waals surface area (Å²) in [6.45, 7) is 6.50. The lowest BCUT2D eigenvalue weighted by Gasteiger charge is -2.13. The van der Waals surface area contributed by atoms with Crippen molar-refractivity contribution >= 4 is 22.9 Å². The van der Waals surface area contributed by atoms with Crippen molar-refractivity contribution in [2.45, 2.75) is 45.6 Å². The summed E-state index contributed by atoms with van der Waals surface area (Å²) in [4.78, 5) is 50.1. The Labute approximate surface area is 194 Å². The number of anilines is 1. The van der Waals surface area contributed by atoms with Crippen molar-refractivity contribution in [3.05, 3.63) is 57.4 Å². The molecule has 4 aromatic rings. The van der Waals surface area contributed by atoms with Crippen LogP contribution >= 0.6 is 0 Å². The molecule has 0 saturated heterocycles. The number of nitrogens with zero attached hydrogens (tertiary/aromatic N) is 8. The molecule has 0 fully saturated rings. The molecule has 0 atom stereocenters. The van der Waals surface area contributed by atoms with Crippen molar-refractivity contribution in [3.63, 3.8) is 0 Å². The third-order valence-electron chi connectivity index (χ3n) is 5.51. The van der Waals surface area contributed by atoms with E-state index in [0.29, 0.717) is 35.9 Å². The molecule has 178 valence electrons. The Morgan fingerprint density at radius 2 is 1.76 bits per heavy atom. The zero-order valence-corrected chi connectivity index (χ0v) is 19.8. The fourth-order valence-corrected chi connectivity index (χ4v) is 3.57. The highest BCUT2D eigenvalue weighted by Crippen LogP contribution is 2.25. The van der Waals surface area contributed by atoms with Gasteiger partial charge in [0.15, 0.2) is 11.2 Å². The van der Waals surface area contributed by atoms with Gasteiger partial charge in [-0.15, -0.1) is 0 Å². The number of carbonyl (C=O) groups excluding carboxylic acids is 1. The molecule has 1 amide bonds. The van der Waals surface area contributed by atoms with Gasteiger partial charge in [0.05, 0.1) is 12.0 Å². The van der Waals surface area contributed by atoms with Crippen LogP contribution in [0.1, 0.15) is 39.3 Å². The van der Waals surface area contributed by atoms with Gasteiger partial charge in [0.25, 0.3) is 11.5 Å². The second-order valence-corrected chi connectivity index (χ2v) is 9.09. The zero-order chi connectivity index (χ0) is 24.6. The Hall–Kier alpha value is -4.09. The predicted molar refractivity (Wildman–Crippen MR) is 126 cm³/mol. The maximum Gasteiger partial charge on any atom is 0.332 e. The number of hydrogen-bond acceptors (Lipinski definition) is 7. The fraction of sp³-hybridized carbons (Fsp3) is 0.409. The number of nitrogens with one attached hydrogen (secondary N) is 1. The summed E-state index contributed by atoms with van der Waals surface area (Å²) in [5, 5.41) is 7.49. The van der Waals surface area contributed by atoms with E-state index in [9.17, 15) is 14.4 Å². The quantitative estimate of drug-likeness (QED) is 0.451. The topological polar surface area (TPSA) is 135 Å². The summed E-state index contributed by atoms with van der Waals surface area (Å²) in [6, 6.07) is 3.53. The van der Waals surface area contributed by atoms with Crippen molar-refractivity contribution in [1.82, 2.24) is 38.4 Å². The molecule has 12 nitrogen and oxygen atoms in total. The van der Waals surface area contributed by atoms with Crippen LogP contribution in [0.3, 0.4) is 0 Å². The summed E-state index contributed by atoms with van der Waals surface area (Å²) in [5.41, 5.74) is 0.367. The number of fused-ring (bicyclic) bond motifs is 1. The molecule has 34 heavy (non-hydrogen) atoms. The van der Waals surface area contributed by atoms with E-state index in [2.05, 4.69) is 25.4 Å². The highest BCUT2D eigenvalue weighted by atomic mass is 16.2. The van der Waals surface area contributed by atoms with E-state index in [1.807, 2.05) is 26.8 Å². The maximum absolute atomic E-state index is 12.7. The lowest BCUT2D eigenvalue weighted by atomic mass is 9.92. The van der Waals surface area contributed by atoms with Crippen LogP contribution in [0.15, 0.2) is 40.4 Å². The largest absolute Gasteiger partial charge is 0.332 e. The van der Waals surface area contributed by atoms with Crippen LogP contribution in [0, 0.1) is 0 Å². The first-order chi connectivity index (χ1) is 16.1. The van der Waals surface area contributed by atoms with E-state index in [-0.39, 0.29) is 17.7 Å². The van der Waals surface area contributed by atoms with E-state index in [1.54, 1.807) is 30.1 Å². The minimum absolute atomic E-state index is 0.206. The first kappa shape index (κ1) is 23.1. The third kappa shape index (κ3) is 4.26. The molecule has 12 heteroatoms. The number of aromatic nitrogens is 8. The van der Waals surface area contributed by atoms with Gasteiger partial charge < -0.3 is 9.88 Å². The van der Waals surface area contributed by atoms with E-state index in [0.717, 1.165) is 10.3 Å². The van der Waals surface area contributed by atoms with Crippen molar-refractivity contribution in [2.24, 2.45) is 14.1 Å². The van der Waals surface area contributed by atoms with Crippen molar-refractivity contribution in [3.8, 4) is 5.95 Å². The summed E-state index contributed by atoms with van der Waals surface area (Å²) in [7, 11) is 3.00. The van der Waals surface area contributed by atoms with Crippen molar-refractivity contribution in [1.29, 1.82) is 0 Å². The number of aryl methyl sites for hydroxylation is 2. The van der Waals surface area contributed by atoms with Gasteiger partial charge >= 0.3 is 5.69 Å². The Bertz CT molecular complexity index is 1470. The van der Waals surface area contributed by atoms with Crippen LogP contribution in [-0.4, -0.2) is 44.3 Å². The summed E-state index contributed by atoms with van der Waals surface area (Å²) >= 11 is 0. The van der Waals surface area contributed by atoms with Crippen LogP contribution in [-0.2, 0) is 30.8 Å². The standard InChI is InChI=1S/C22H27N9O3/c1-22(2,3)14-12-15(31(27-14)20-23-9-7-10-24-20)26-16(32)8-6-11-30-13-25-18-17(30)19(33)29(5)21(34)28(18)4/h7,9-10,12-13H,6,8,11H2,1-5H3,(H,26,32). The first-order valence-corrected chi connectivity index (χ1v) is 10.9. The highest BCUT2D eigenvalue weighted by molar-refractivity contribution is 5.90. The van der Waals surface area contributed by atoms with Crippen LogP contribution in [0.5, 0.6) is 0 Å². The monoisotopic (exact) mass is 465 g/mol. The Morgan fingerprint density at radius 1 is 1.06 bits per heavy atom. The lowest BCUT2D eigenvalue weighted by molar-refractivity contribution is -0.116. The predicted octanol–water partition coefficient (Wildman–Crippen LogP) is 1.13. The Morgan fingerprint density at radius 3 is 2.44 bits per heavy atom. The van der Waals surface area contributed by atoms with Gasteiger partial charge in [-0.3, -0.25) is 18.7 Å². The number of imidazole rings is 1. The highest BCUT2D eigenvalue weighted by Gasteiger charge is 2.22. The number of hydrogen-bond donors (Lipinski definition) is 1. The minimum atomic E-state index is -0.434. The molecule has 0 unspecified atom stereocenters. The molecule has 4 rings (SSSR count). The molecule has 0 bridgehead atoms. The van der Waals surface area contributed by atoms with Gasteiger partial charge in [0.1, 0.15) is 5.82 Å². The van der Waals surface area contributed by atoms with E-state index in [1.165, 1.54) is 22.6 Å². The van der Waals surface area contributed by atoms with Crippen LogP contribution in [0.25, 0.3) is 17.1 Å². The average Bonchev–Trinajstić information content (AvgIpc) is 3.41. The van der Waals surface area contributed by atoms with E-state index in [4.69, 9.17) is 0 Å². The molecule has 0 radical (unpaired) electrons. The lowest BCUT2D eigenvalue weighted by Crippen LogP contribution is -2.37. The third-order valence-corrected chi connectivity index (χ3v) is 5.51. The number of carbonyl (C=O) groups is 1.